The lowest BCUT2D eigenvalue weighted by atomic mass is 10.0. The first-order valence-electron chi connectivity index (χ1n) is 8.79. The Morgan fingerprint density at radius 3 is 2.70 bits per heavy atom. The van der Waals surface area contributed by atoms with Crippen LogP contribution in [0, 0.1) is 11.6 Å². The maximum Gasteiger partial charge on any atom is 0.301 e. The average molecular weight is 457 g/mol. The lowest BCUT2D eigenvalue weighted by Crippen LogP contribution is -2.43. The number of anilines is 1. The molecule has 1 fully saturated rings. The Hall–Kier alpha value is -2.60. The number of ketones is 1. The summed E-state index contributed by atoms with van der Waals surface area (Å²) in [4.78, 5) is 19.7. The Morgan fingerprint density at radius 2 is 1.97 bits per heavy atom. The zero-order valence-electron chi connectivity index (χ0n) is 15.3. The molecular formula is C18H15ClF2N4O4S. The second-order valence-electron chi connectivity index (χ2n) is 6.45. The van der Waals surface area contributed by atoms with Gasteiger partial charge in [0.2, 0.25) is 5.78 Å². The molecule has 0 spiro atoms. The van der Waals surface area contributed by atoms with Gasteiger partial charge in [0.1, 0.15) is 11.5 Å². The molecule has 158 valence electrons. The van der Waals surface area contributed by atoms with Gasteiger partial charge >= 0.3 is 10.2 Å². The molecule has 0 unspecified atom stereocenters. The molecular weight excluding hydrogens is 442 g/mol. The molecule has 4 rings (SSSR count). The number of benzene rings is 1. The van der Waals surface area contributed by atoms with Crippen LogP contribution >= 0.6 is 11.6 Å². The van der Waals surface area contributed by atoms with Gasteiger partial charge in [-0.25, -0.2) is 13.8 Å². The first-order valence-corrected chi connectivity index (χ1v) is 10.6. The van der Waals surface area contributed by atoms with Crippen LogP contribution < -0.4 is 4.72 Å². The van der Waals surface area contributed by atoms with E-state index in [-0.39, 0.29) is 47.9 Å². The molecule has 0 saturated carbocycles. The third kappa shape index (κ3) is 3.65. The van der Waals surface area contributed by atoms with Gasteiger partial charge in [-0.2, -0.15) is 12.7 Å². The van der Waals surface area contributed by atoms with Crippen LogP contribution in [0.2, 0.25) is 5.02 Å². The van der Waals surface area contributed by atoms with E-state index in [4.69, 9.17) is 16.3 Å². The normalized spacial score (nSPS) is 15.4. The van der Waals surface area contributed by atoms with Crippen molar-refractivity contribution in [3.05, 3.63) is 58.4 Å². The van der Waals surface area contributed by atoms with E-state index in [0.717, 1.165) is 16.4 Å². The van der Waals surface area contributed by atoms with Crippen LogP contribution in [0.15, 0.2) is 30.6 Å². The van der Waals surface area contributed by atoms with E-state index in [0.29, 0.717) is 0 Å². The van der Waals surface area contributed by atoms with Crippen LogP contribution in [-0.2, 0) is 14.9 Å². The fourth-order valence-corrected chi connectivity index (χ4v) is 4.60. The van der Waals surface area contributed by atoms with Crippen LogP contribution in [-0.4, -0.2) is 54.8 Å². The molecule has 3 heterocycles. The van der Waals surface area contributed by atoms with Gasteiger partial charge in [0.25, 0.3) is 0 Å². The highest BCUT2D eigenvalue weighted by molar-refractivity contribution is 7.90. The number of carbonyl (C=O) groups is 1. The Kier molecular flexibility index (Phi) is 5.45. The fourth-order valence-electron chi connectivity index (χ4n) is 3.16. The van der Waals surface area contributed by atoms with Gasteiger partial charge in [-0.15, -0.1) is 0 Å². The minimum absolute atomic E-state index is 0.0881. The highest BCUT2D eigenvalue weighted by Gasteiger charge is 2.29. The summed E-state index contributed by atoms with van der Waals surface area (Å²) < 4.78 is 62.8. The summed E-state index contributed by atoms with van der Waals surface area (Å²) >= 11 is 6.11. The lowest BCUT2D eigenvalue weighted by molar-refractivity contribution is 0.0733. The molecule has 0 bridgehead atoms. The molecule has 1 aromatic carbocycles. The Labute approximate surface area is 175 Å². The number of hydrogen-bond donors (Lipinski definition) is 2. The van der Waals surface area contributed by atoms with E-state index in [1.165, 1.54) is 18.5 Å². The molecule has 0 atom stereocenters. The number of pyridine rings is 1. The van der Waals surface area contributed by atoms with Crippen LogP contribution in [0.4, 0.5) is 14.5 Å². The number of aromatic amines is 1. The predicted octanol–water partition coefficient (Wildman–Crippen LogP) is 2.71. The maximum atomic E-state index is 15.1. The number of carbonyl (C=O) groups excluding carboxylic acids is 1. The molecule has 3 aromatic rings. The Bertz CT molecular complexity index is 1240. The second kappa shape index (κ2) is 7.91. The number of halogens is 3. The fraction of sp³-hybridized carbons (Fsp3) is 0.222. The Morgan fingerprint density at radius 1 is 1.23 bits per heavy atom. The van der Waals surface area contributed by atoms with E-state index >= 15 is 4.39 Å². The van der Waals surface area contributed by atoms with E-state index < -0.39 is 38.9 Å². The summed E-state index contributed by atoms with van der Waals surface area (Å²) in [5.41, 5.74) is -1.27. The molecule has 12 heteroatoms. The molecule has 8 nitrogen and oxygen atoms in total. The number of fused-ring (bicyclic) bond motifs is 1. The SMILES string of the molecule is O=C(c1c(F)ccc(NS(=O)(=O)N2CCOCC2)c1F)c1c[nH]c2nccc(Cl)c12. The van der Waals surface area contributed by atoms with Crippen molar-refractivity contribution in [2.45, 2.75) is 0 Å². The molecule has 0 amide bonds. The standard InChI is InChI=1S/C18H15ClF2N4O4S/c19-11-3-4-22-18-14(11)10(9-23-18)17(26)15-12(20)1-2-13(16(15)21)24-30(27,28)25-5-7-29-8-6-25/h1-4,9,24H,5-8H2,(H,22,23). The molecule has 1 aliphatic rings. The largest absolute Gasteiger partial charge is 0.379 e. The van der Waals surface area contributed by atoms with Crippen molar-refractivity contribution in [1.82, 2.24) is 14.3 Å². The number of ether oxygens (including phenoxy) is 1. The molecule has 0 aliphatic carbocycles. The van der Waals surface area contributed by atoms with Gasteiger partial charge < -0.3 is 9.72 Å². The van der Waals surface area contributed by atoms with E-state index in [1.807, 2.05) is 0 Å². The number of rotatable bonds is 5. The van der Waals surface area contributed by atoms with E-state index in [9.17, 15) is 17.6 Å². The highest BCUT2D eigenvalue weighted by atomic mass is 35.5. The number of nitrogens with zero attached hydrogens (tertiary/aromatic N) is 2. The molecule has 30 heavy (non-hydrogen) atoms. The predicted molar refractivity (Wildman–Crippen MR) is 106 cm³/mol. The van der Waals surface area contributed by atoms with Crippen molar-refractivity contribution >= 4 is 44.3 Å². The van der Waals surface area contributed by atoms with Gasteiger partial charge in [-0.3, -0.25) is 9.52 Å². The topological polar surface area (TPSA) is 104 Å². The molecule has 2 aromatic heterocycles. The quantitative estimate of drug-likeness (QED) is 0.574. The van der Waals surface area contributed by atoms with Gasteiger partial charge in [0, 0.05) is 30.9 Å². The van der Waals surface area contributed by atoms with Gasteiger partial charge in [0.05, 0.1) is 35.1 Å². The van der Waals surface area contributed by atoms with Crippen molar-refractivity contribution in [2.24, 2.45) is 0 Å². The van der Waals surface area contributed by atoms with Crippen molar-refractivity contribution in [1.29, 1.82) is 0 Å². The third-order valence-corrected chi connectivity index (χ3v) is 6.47. The second-order valence-corrected chi connectivity index (χ2v) is 8.53. The summed E-state index contributed by atoms with van der Waals surface area (Å²) in [6.45, 7) is 0.577. The molecule has 1 saturated heterocycles. The molecule has 2 N–H and O–H groups in total. The van der Waals surface area contributed by atoms with Crippen LogP contribution in [0.25, 0.3) is 11.0 Å². The zero-order chi connectivity index (χ0) is 21.5. The maximum absolute atomic E-state index is 15.1. The summed E-state index contributed by atoms with van der Waals surface area (Å²) in [5.74, 6) is -3.47. The minimum atomic E-state index is -4.12. The van der Waals surface area contributed by atoms with E-state index in [1.54, 1.807) is 0 Å². The first-order chi connectivity index (χ1) is 14.3. The number of hydrogen-bond acceptors (Lipinski definition) is 5. The highest BCUT2D eigenvalue weighted by Crippen LogP contribution is 2.30. The zero-order valence-corrected chi connectivity index (χ0v) is 16.9. The first kappa shape index (κ1) is 20.7. The van der Waals surface area contributed by atoms with Crippen molar-refractivity contribution in [3.63, 3.8) is 0 Å². The van der Waals surface area contributed by atoms with Crippen molar-refractivity contribution in [2.75, 3.05) is 31.0 Å². The molecule has 1 aliphatic heterocycles. The van der Waals surface area contributed by atoms with Gasteiger partial charge in [0.15, 0.2) is 5.82 Å². The molecule has 0 radical (unpaired) electrons. The van der Waals surface area contributed by atoms with Crippen molar-refractivity contribution < 1.29 is 26.7 Å². The van der Waals surface area contributed by atoms with Crippen LogP contribution in [0.3, 0.4) is 0 Å². The number of nitrogens with one attached hydrogen (secondary N) is 2. The van der Waals surface area contributed by atoms with E-state index in [2.05, 4.69) is 14.7 Å². The van der Waals surface area contributed by atoms with Crippen LogP contribution in [0.1, 0.15) is 15.9 Å². The third-order valence-electron chi connectivity index (χ3n) is 4.63. The van der Waals surface area contributed by atoms with Crippen molar-refractivity contribution in [3.8, 4) is 0 Å². The lowest BCUT2D eigenvalue weighted by Gasteiger charge is -2.26. The minimum Gasteiger partial charge on any atom is -0.379 e. The number of aromatic nitrogens is 2. The monoisotopic (exact) mass is 456 g/mol. The van der Waals surface area contributed by atoms with Crippen LogP contribution in [0.5, 0.6) is 0 Å². The summed E-state index contributed by atoms with van der Waals surface area (Å²) in [6, 6.07) is 3.18. The summed E-state index contributed by atoms with van der Waals surface area (Å²) in [7, 11) is -4.12. The summed E-state index contributed by atoms with van der Waals surface area (Å²) in [6.07, 6.45) is 2.66. The number of morpholine rings is 1. The van der Waals surface area contributed by atoms with Gasteiger partial charge in [-0.05, 0) is 18.2 Å². The smallest absolute Gasteiger partial charge is 0.301 e. The van der Waals surface area contributed by atoms with Gasteiger partial charge in [-0.1, -0.05) is 11.6 Å². The average Bonchev–Trinajstić information content (AvgIpc) is 3.16. The summed E-state index contributed by atoms with van der Waals surface area (Å²) in [5, 5.41) is 0.386. The number of H-pyrrole nitrogens is 1. The Balaban J connectivity index is 1.73.